The van der Waals surface area contributed by atoms with Gasteiger partial charge in [0.2, 0.25) is 0 Å². The van der Waals surface area contributed by atoms with Crippen molar-refractivity contribution in [1.82, 2.24) is 4.57 Å². The van der Waals surface area contributed by atoms with Gasteiger partial charge in [-0.15, -0.1) is 0 Å². The maximum atomic E-state index is 6.32. The highest BCUT2D eigenvalue weighted by Gasteiger charge is 2.28. The molecule has 0 saturated carbocycles. The van der Waals surface area contributed by atoms with E-state index in [1.807, 2.05) is 12.1 Å². The predicted molar refractivity (Wildman–Crippen MR) is 106 cm³/mol. The molecule has 26 heavy (non-hydrogen) atoms. The Morgan fingerprint density at radius 2 is 1.85 bits per heavy atom. The standard InChI is InChI=1S/C23H27NO2/c1-16(2)26-22-10-6-8-20-19-7-4-5-9-21(19)24(23(20)22)15-17-11-13-18(25-3)14-12-17/h4-5,7,9,11-14,16,22H,6,8,10,15H2,1-3H3. The van der Waals surface area contributed by atoms with Crippen molar-refractivity contribution in [2.75, 3.05) is 7.11 Å². The highest BCUT2D eigenvalue weighted by molar-refractivity contribution is 5.86. The van der Waals surface area contributed by atoms with Crippen LogP contribution in [0, 0.1) is 0 Å². The lowest BCUT2D eigenvalue weighted by atomic mass is 9.93. The lowest BCUT2D eigenvalue weighted by Crippen LogP contribution is -2.20. The molecule has 1 unspecified atom stereocenters. The van der Waals surface area contributed by atoms with E-state index in [1.54, 1.807) is 7.11 Å². The summed E-state index contributed by atoms with van der Waals surface area (Å²) in [7, 11) is 1.71. The molecule has 0 fully saturated rings. The van der Waals surface area contributed by atoms with Crippen LogP contribution in [-0.2, 0) is 17.7 Å². The molecular weight excluding hydrogens is 322 g/mol. The summed E-state index contributed by atoms with van der Waals surface area (Å²) in [6.45, 7) is 5.12. The van der Waals surface area contributed by atoms with Crippen LogP contribution in [0.5, 0.6) is 5.75 Å². The quantitative estimate of drug-likeness (QED) is 0.607. The smallest absolute Gasteiger partial charge is 0.118 e. The Kier molecular flexibility index (Phi) is 4.73. The van der Waals surface area contributed by atoms with Crippen molar-refractivity contribution >= 4 is 10.9 Å². The second kappa shape index (κ2) is 7.16. The van der Waals surface area contributed by atoms with Crippen LogP contribution in [0.4, 0.5) is 0 Å². The topological polar surface area (TPSA) is 23.4 Å². The second-order valence-corrected chi connectivity index (χ2v) is 7.38. The minimum atomic E-state index is 0.185. The van der Waals surface area contributed by atoms with Gasteiger partial charge in [-0.25, -0.2) is 0 Å². The number of para-hydroxylation sites is 1. The fourth-order valence-corrected chi connectivity index (χ4v) is 4.17. The molecule has 4 rings (SSSR count). The Morgan fingerprint density at radius 1 is 1.08 bits per heavy atom. The van der Waals surface area contributed by atoms with Gasteiger partial charge in [-0.1, -0.05) is 30.3 Å². The van der Waals surface area contributed by atoms with Crippen LogP contribution in [0.25, 0.3) is 10.9 Å². The molecule has 136 valence electrons. The van der Waals surface area contributed by atoms with Crippen LogP contribution in [0.2, 0.25) is 0 Å². The molecule has 0 amide bonds. The Bertz CT molecular complexity index is 892. The molecular formula is C23H27NO2. The van der Waals surface area contributed by atoms with E-state index in [4.69, 9.17) is 9.47 Å². The van der Waals surface area contributed by atoms with E-state index in [-0.39, 0.29) is 12.2 Å². The summed E-state index contributed by atoms with van der Waals surface area (Å²) in [5.41, 5.74) is 5.45. The Labute approximate surface area is 155 Å². The third-order valence-corrected chi connectivity index (χ3v) is 5.25. The molecule has 3 aromatic rings. The maximum Gasteiger partial charge on any atom is 0.118 e. The monoisotopic (exact) mass is 349 g/mol. The van der Waals surface area contributed by atoms with Crippen molar-refractivity contribution in [1.29, 1.82) is 0 Å². The Balaban J connectivity index is 1.81. The normalized spacial score (nSPS) is 16.8. The summed E-state index contributed by atoms with van der Waals surface area (Å²) >= 11 is 0. The number of rotatable bonds is 5. The number of hydrogen-bond donors (Lipinski definition) is 0. The molecule has 0 spiro atoms. The lowest BCUT2D eigenvalue weighted by Gasteiger charge is -2.27. The van der Waals surface area contributed by atoms with Gasteiger partial charge >= 0.3 is 0 Å². The highest BCUT2D eigenvalue weighted by atomic mass is 16.5. The molecule has 1 aliphatic rings. The summed E-state index contributed by atoms with van der Waals surface area (Å²) in [5.74, 6) is 0.897. The number of aryl methyl sites for hydroxylation is 1. The van der Waals surface area contributed by atoms with Gasteiger partial charge in [-0.3, -0.25) is 0 Å². The fourth-order valence-electron chi connectivity index (χ4n) is 4.17. The van der Waals surface area contributed by atoms with Crippen LogP contribution < -0.4 is 4.74 Å². The predicted octanol–water partition coefficient (Wildman–Crippen LogP) is 5.50. The number of methoxy groups -OCH3 is 1. The van der Waals surface area contributed by atoms with E-state index >= 15 is 0 Å². The molecule has 2 aromatic carbocycles. The zero-order valence-electron chi connectivity index (χ0n) is 15.9. The van der Waals surface area contributed by atoms with Crippen LogP contribution in [0.3, 0.4) is 0 Å². The number of fused-ring (bicyclic) bond motifs is 3. The minimum Gasteiger partial charge on any atom is -0.497 e. The number of ether oxygens (including phenoxy) is 2. The van der Waals surface area contributed by atoms with Gasteiger partial charge in [-0.05, 0) is 62.4 Å². The largest absolute Gasteiger partial charge is 0.497 e. The number of benzene rings is 2. The summed E-state index contributed by atoms with van der Waals surface area (Å²) < 4.78 is 14.1. The van der Waals surface area contributed by atoms with E-state index in [0.717, 1.165) is 25.1 Å². The first-order valence-electron chi connectivity index (χ1n) is 9.55. The van der Waals surface area contributed by atoms with Crippen LogP contribution in [-0.4, -0.2) is 17.8 Å². The van der Waals surface area contributed by atoms with Crippen molar-refractivity contribution in [3.05, 3.63) is 65.4 Å². The first kappa shape index (κ1) is 17.2. The van der Waals surface area contributed by atoms with Crippen molar-refractivity contribution in [3.8, 4) is 5.75 Å². The third-order valence-electron chi connectivity index (χ3n) is 5.25. The summed E-state index contributed by atoms with van der Waals surface area (Å²) in [4.78, 5) is 0. The number of hydrogen-bond acceptors (Lipinski definition) is 2. The average Bonchev–Trinajstić information content (AvgIpc) is 2.97. The van der Waals surface area contributed by atoms with E-state index in [1.165, 1.54) is 34.1 Å². The van der Waals surface area contributed by atoms with Crippen LogP contribution in [0.1, 0.15) is 49.6 Å². The molecule has 0 N–H and O–H groups in total. The summed E-state index contributed by atoms with van der Waals surface area (Å²) in [6, 6.07) is 17.2. The molecule has 1 heterocycles. The van der Waals surface area contributed by atoms with Gasteiger partial charge < -0.3 is 14.0 Å². The molecule has 0 radical (unpaired) electrons. The van der Waals surface area contributed by atoms with Crippen molar-refractivity contribution < 1.29 is 9.47 Å². The molecule has 0 aliphatic heterocycles. The lowest BCUT2D eigenvalue weighted by molar-refractivity contribution is -0.00697. The van der Waals surface area contributed by atoms with Gasteiger partial charge in [-0.2, -0.15) is 0 Å². The molecule has 0 bridgehead atoms. The average molecular weight is 349 g/mol. The van der Waals surface area contributed by atoms with Crippen LogP contribution >= 0.6 is 0 Å². The first-order chi connectivity index (χ1) is 12.7. The minimum absolute atomic E-state index is 0.185. The van der Waals surface area contributed by atoms with E-state index in [0.29, 0.717) is 0 Å². The first-order valence-corrected chi connectivity index (χ1v) is 9.55. The molecule has 3 heteroatoms. The zero-order valence-corrected chi connectivity index (χ0v) is 15.9. The molecule has 0 saturated heterocycles. The van der Waals surface area contributed by atoms with Gasteiger partial charge in [0, 0.05) is 17.4 Å². The van der Waals surface area contributed by atoms with Gasteiger partial charge in [0.25, 0.3) is 0 Å². The van der Waals surface area contributed by atoms with E-state index in [2.05, 4.69) is 54.8 Å². The Hall–Kier alpha value is -2.26. The fraction of sp³-hybridized carbons (Fsp3) is 0.391. The molecule has 1 aromatic heterocycles. The van der Waals surface area contributed by atoms with Crippen molar-refractivity contribution in [2.24, 2.45) is 0 Å². The maximum absolute atomic E-state index is 6.32. The number of aromatic nitrogens is 1. The molecule has 1 aliphatic carbocycles. The van der Waals surface area contributed by atoms with Gasteiger partial charge in [0.1, 0.15) is 5.75 Å². The number of nitrogens with zero attached hydrogens (tertiary/aromatic N) is 1. The van der Waals surface area contributed by atoms with Gasteiger partial charge in [0.15, 0.2) is 0 Å². The third kappa shape index (κ3) is 3.12. The van der Waals surface area contributed by atoms with Gasteiger partial charge in [0.05, 0.1) is 25.0 Å². The van der Waals surface area contributed by atoms with E-state index < -0.39 is 0 Å². The van der Waals surface area contributed by atoms with E-state index in [9.17, 15) is 0 Å². The molecule has 3 nitrogen and oxygen atoms in total. The summed E-state index contributed by atoms with van der Waals surface area (Å²) in [6.07, 6.45) is 3.86. The zero-order chi connectivity index (χ0) is 18.1. The van der Waals surface area contributed by atoms with Crippen molar-refractivity contribution in [2.45, 2.75) is 51.9 Å². The summed E-state index contributed by atoms with van der Waals surface area (Å²) in [5, 5.41) is 1.38. The highest BCUT2D eigenvalue weighted by Crippen LogP contribution is 2.40. The molecule has 1 atom stereocenters. The Morgan fingerprint density at radius 3 is 2.58 bits per heavy atom. The second-order valence-electron chi connectivity index (χ2n) is 7.38. The van der Waals surface area contributed by atoms with Crippen molar-refractivity contribution in [3.63, 3.8) is 0 Å². The SMILES string of the molecule is COc1ccc(Cn2c3c(c4ccccc42)CCCC3OC(C)C)cc1. The van der Waals surface area contributed by atoms with Crippen LogP contribution in [0.15, 0.2) is 48.5 Å².